The van der Waals surface area contributed by atoms with Crippen LogP contribution < -0.4 is 0 Å². The van der Waals surface area contributed by atoms with E-state index in [0.717, 1.165) is 25.7 Å². The average Bonchev–Trinajstić information content (AvgIpc) is 3.18. The molecule has 2 amide bonds. The van der Waals surface area contributed by atoms with Crippen molar-refractivity contribution < 1.29 is 14.0 Å². The van der Waals surface area contributed by atoms with Crippen molar-refractivity contribution >= 4 is 23.4 Å². The lowest BCUT2D eigenvalue weighted by atomic mass is 9.49. The summed E-state index contributed by atoms with van der Waals surface area (Å²) in [4.78, 5) is 30.5. The molecule has 0 N–H and O–H groups in total. The van der Waals surface area contributed by atoms with Gasteiger partial charge >= 0.3 is 0 Å². The Hall–Kier alpha value is -1.62. The number of rotatable bonds is 4. The summed E-state index contributed by atoms with van der Waals surface area (Å²) in [6.07, 6.45) is 8.44. The van der Waals surface area contributed by atoms with Crippen LogP contribution in [0.1, 0.15) is 56.9 Å². The van der Waals surface area contributed by atoms with Crippen LogP contribution in [-0.4, -0.2) is 41.2 Å². The Morgan fingerprint density at radius 1 is 1.17 bits per heavy atom. The Labute approximate surface area is 182 Å². The van der Waals surface area contributed by atoms with Crippen LogP contribution in [0.25, 0.3) is 0 Å². The van der Waals surface area contributed by atoms with Crippen molar-refractivity contribution in [1.29, 1.82) is 0 Å². The van der Waals surface area contributed by atoms with Gasteiger partial charge in [0.25, 0.3) is 0 Å². The molecule has 5 aliphatic rings. The lowest BCUT2D eigenvalue weighted by molar-refractivity contribution is -0.161. The molecule has 4 aliphatic carbocycles. The number of likely N-dealkylation sites (tertiary alicyclic amines) is 1. The largest absolute Gasteiger partial charge is 0.339 e. The van der Waals surface area contributed by atoms with Gasteiger partial charge in [0.1, 0.15) is 11.9 Å². The van der Waals surface area contributed by atoms with E-state index in [4.69, 9.17) is 11.6 Å². The zero-order valence-corrected chi connectivity index (χ0v) is 18.3. The smallest absolute Gasteiger partial charge is 0.245 e. The molecule has 1 aromatic rings. The summed E-state index contributed by atoms with van der Waals surface area (Å²) < 4.78 is 14.2. The van der Waals surface area contributed by atoms with Crippen LogP contribution in [0.15, 0.2) is 18.2 Å². The predicted molar refractivity (Wildman–Crippen MR) is 113 cm³/mol. The predicted octanol–water partition coefficient (Wildman–Crippen LogP) is 4.64. The van der Waals surface area contributed by atoms with Gasteiger partial charge in [-0.1, -0.05) is 17.7 Å². The number of halogens is 2. The molecule has 1 unspecified atom stereocenters. The van der Waals surface area contributed by atoms with Crippen LogP contribution in [0.4, 0.5) is 4.39 Å². The number of carbonyl (C=O) groups excluding carboxylic acids is 2. The number of hydrogen-bond donors (Lipinski definition) is 0. The molecule has 6 rings (SSSR count). The number of amides is 2. The maximum Gasteiger partial charge on any atom is 0.245 e. The second kappa shape index (κ2) is 7.51. The third-order valence-corrected chi connectivity index (χ3v) is 8.48. The van der Waals surface area contributed by atoms with Crippen LogP contribution in [0.2, 0.25) is 5.02 Å². The van der Waals surface area contributed by atoms with Crippen LogP contribution in [-0.2, 0) is 16.1 Å². The van der Waals surface area contributed by atoms with Crippen LogP contribution in [0.5, 0.6) is 0 Å². The van der Waals surface area contributed by atoms with Crippen LogP contribution in [0.3, 0.4) is 0 Å². The maximum atomic E-state index is 14.2. The Morgan fingerprint density at radius 3 is 2.40 bits per heavy atom. The molecule has 1 heterocycles. The molecule has 0 aromatic heterocycles. The number of benzene rings is 1. The minimum Gasteiger partial charge on any atom is -0.339 e. The van der Waals surface area contributed by atoms with E-state index in [1.54, 1.807) is 19.2 Å². The van der Waals surface area contributed by atoms with E-state index in [0.29, 0.717) is 41.3 Å². The van der Waals surface area contributed by atoms with Gasteiger partial charge in [0, 0.05) is 30.7 Å². The minimum atomic E-state index is -0.430. The first kappa shape index (κ1) is 20.3. The van der Waals surface area contributed by atoms with Gasteiger partial charge in [-0.2, -0.15) is 0 Å². The molecule has 30 heavy (non-hydrogen) atoms. The molecule has 5 fully saturated rings. The van der Waals surface area contributed by atoms with E-state index >= 15 is 0 Å². The molecule has 1 aromatic carbocycles. The molecule has 6 heteroatoms. The average molecular weight is 433 g/mol. The normalized spacial score (nSPS) is 34.4. The number of carbonyl (C=O) groups is 2. The van der Waals surface area contributed by atoms with Crippen molar-refractivity contribution in [3.8, 4) is 0 Å². The molecular formula is C24H30ClFN2O2. The first-order chi connectivity index (χ1) is 14.4. The molecule has 4 nitrogen and oxygen atoms in total. The fraction of sp³-hybridized carbons (Fsp3) is 0.667. The minimum absolute atomic E-state index is 0.107. The van der Waals surface area contributed by atoms with Crippen molar-refractivity contribution in [2.75, 3.05) is 13.6 Å². The summed E-state index contributed by atoms with van der Waals surface area (Å²) >= 11 is 6.15. The summed E-state index contributed by atoms with van der Waals surface area (Å²) in [5, 5.41) is 0.322. The van der Waals surface area contributed by atoms with Gasteiger partial charge in [0.2, 0.25) is 11.8 Å². The molecule has 1 saturated heterocycles. The van der Waals surface area contributed by atoms with Crippen LogP contribution in [0, 0.1) is 29.0 Å². The van der Waals surface area contributed by atoms with E-state index in [2.05, 4.69) is 0 Å². The first-order valence-corrected chi connectivity index (χ1v) is 11.7. The van der Waals surface area contributed by atoms with Gasteiger partial charge in [-0.3, -0.25) is 9.59 Å². The van der Waals surface area contributed by atoms with E-state index in [1.165, 1.54) is 30.2 Å². The van der Waals surface area contributed by atoms with E-state index in [-0.39, 0.29) is 23.8 Å². The summed E-state index contributed by atoms with van der Waals surface area (Å²) in [7, 11) is 1.68. The van der Waals surface area contributed by atoms with Gasteiger partial charge in [-0.25, -0.2) is 4.39 Å². The zero-order chi connectivity index (χ0) is 21.0. The molecule has 4 saturated carbocycles. The van der Waals surface area contributed by atoms with Crippen molar-refractivity contribution in [3.05, 3.63) is 34.6 Å². The molecule has 4 bridgehead atoms. The van der Waals surface area contributed by atoms with Crippen molar-refractivity contribution in [3.63, 3.8) is 0 Å². The Balaban J connectivity index is 1.32. The highest BCUT2D eigenvalue weighted by molar-refractivity contribution is 6.31. The maximum absolute atomic E-state index is 14.2. The van der Waals surface area contributed by atoms with E-state index in [1.807, 2.05) is 4.90 Å². The Morgan fingerprint density at radius 2 is 1.80 bits per heavy atom. The first-order valence-electron chi connectivity index (χ1n) is 11.4. The fourth-order valence-electron chi connectivity index (χ4n) is 7.20. The van der Waals surface area contributed by atoms with Crippen molar-refractivity contribution in [1.82, 2.24) is 9.80 Å². The second-order valence-corrected chi connectivity index (χ2v) is 10.7. The Bertz CT molecular complexity index is 817. The van der Waals surface area contributed by atoms with Crippen LogP contribution >= 0.6 is 11.6 Å². The van der Waals surface area contributed by atoms with Gasteiger partial charge in [0.05, 0.1) is 5.41 Å². The van der Waals surface area contributed by atoms with E-state index < -0.39 is 11.9 Å². The molecule has 162 valence electrons. The summed E-state index contributed by atoms with van der Waals surface area (Å²) in [6, 6.07) is 4.13. The molecule has 1 aliphatic heterocycles. The van der Waals surface area contributed by atoms with Gasteiger partial charge in [0.15, 0.2) is 0 Å². The SMILES string of the molecule is CN(Cc1c(F)cccc1Cl)C(=O)C1CCCN1C(=O)C12CC3CC(CC(C3)C1)C2. The van der Waals surface area contributed by atoms with E-state index in [9.17, 15) is 14.0 Å². The Kier molecular flexibility index (Phi) is 5.08. The summed E-state index contributed by atoms with van der Waals surface area (Å²) in [5.41, 5.74) is 0.0948. The molecule has 1 atom stereocenters. The second-order valence-electron chi connectivity index (χ2n) is 10.2. The highest BCUT2D eigenvalue weighted by Gasteiger charge is 2.56. The lowest BCUT2D eigenvalue weighted by Gasteiger charge is -2.56. The summed E-state index contributed by atoms with van der Waals surface area (Å²) in [6.45, 7) is 0.769. The third-order valence-electron chi connectivity index (χ3n) is 8.12. The zero-order valence-electron chi connectivity index (χ0n) is 17.6. The molecule has 0 spiro atoms. The quantitative estimate of drug-likeness (QED) is 0.695. The number of nitrogens with zero attached hydrogens (tertiary/aromatic N) is 2. The number of hydrogen-bond acceptors (Lipinski definition) is 2. The topological polar surface area (TPSA) is 40.6 Å². The molecular weight excluding hydrogens is 403 g/mol. The van der Waals surface area contributed by atoms with Gasteiger partial charge < -0.3 is 9.80 Å². The highest BCUT2D eigenvalue weighted by atomic mass is 35.5. The van der Waals surface area contributed by atoms with Gasteiger partial charge in [-0.15, -0.1) is 0 Å². The van der Waals surface area contributed by atoms with Crippen molar-refractivity contribution in [2.45, 2.75) is 64.0 Å². The highest BCUT2D eigenvalue weighted by Crippen LogP contribution is 2.60. The number of likely N-dealkylation sites (N-methyl/N-ethyl adjacent to an activating group) is 1. The standard InChI is InChI=1S/C24H30ClFN2O2/c1-27(14-18-19(25)4-2-5-20(18)26)22(29)21-6-3-7-28(21)23(30)24-11-15-8-16(12-24)10-17(9-15)13-24/h2,4-5,15-17,21H,3,6-14H2,1H3. The van der Waals surface area contributed by atoms with Crippen molar-refractivity contribution in [2.24, 2.45) is 23.2 Å². The molecule has 0 radical (unpaired) electrons. The monoisotopic (exact) mass is 432 g/mol. The van der Waals surface area contributed by atoms with Gasteiger partial charge in [-0.05, 0) is 81.3 Å². The fourth-order valence-corrected chi connectivity index (χ4v) is 7.42. The lowest BCUT2D eigenvalue weighted by Crippen LogP contribution is -2.57. The summed E-state index contributed by atoms with van der Waals surface area (Å²) in [5.74, 6) is 1.79. The third kappa shape index (κ3) is 3.34.